The van der Waals surface area contributed by atoms with Crippen LogP contribution in [-0.4, -0.2) is 52.0 Å². The first kappa shape index (κ1) is 68.2. The van der Waals surface area contributed by atoms with Crippen LogP contribution in [0.2, 0.25) is 0 Å². The standard InChI is InChI=1S/C64H105ClN4O7.Zn/c1-24-63(25-2,26-3)57(73)68-53-49(55(71)75-51-40(59(12,13)14)31-38(10)32-41(51)60(15,16)17)47(36(6)7)44(66-53)35-45-48(37(8)9)50(54(67-45)69-58(74)64(27-4,28-5)30-29-46(65)70)56(72)76-52-42(61(18,19)20)33-39(11)34-43(52)62(21,22)23;/h35-43,51-52H,24-34H2,1-23H3,(H3,66,67,68,69,71,72,73,74);/q;+2/p-1. The minimum absolute atomic E-state index is 0. The van der Waals surface area contributed by atoms with E-state index in [0.717, 1.165) is 25.7 Å². The quantitative estimate of drug-likeness (QED) is 0.0841. The number of aromatic nitrogens is 1. The number of aliphatic imine (C=N–C) groups is 1. The molecule has 3 aliphatic rings. The number of allylic oxidation sites excluding steroid dienone is 1. The molecule has 2 N–H and O–H groups in total. The molecule has 4 rings (SSSR count). The van der Waals surface area contributed by atoms with Crippen LogP contribution in [0.5, 0.6) is 0 Å². The zero-order valence-electron chi connectivity index (χ0n) is 52.5. The fourth-order valence-corrected chi connectivity index (χ4v) is 13.4. The van der Waals surface area contributed by atoms with Gasteiger partial charge in [-0.15, -0.1) is 0 Å². The maximum absolute atomic E-state index is 15.5. The van der Waals surface area contributed by atoms with E-state index in [0.29, 0.717) is 66.5 Å². The first-order chi connectivity index (χ1) is 34.9. The van der Waals surface area contributed by atoms with Crippen LogP contribution in [0.25, 0.3) is 11.4 Å². The van der Waals surface area contributed by atoms with Crippen molar-refractivity contribution in [1.29, 1.82) is 0 Å². The second-order valence-corrected chi connectivity index (χ2v) is 29.0. The Bertz CT molecular complexity index is 2300. The Labute approximate surface area is 484 Å². The Morgan fingerprint density at radius 3 is 1.42 bits per heavy atom. The smallest absolute Gasteiger partial charge is 0.458 e. The predicted molar refractivity (Wildman–Crippen MR) is 313 cm³/mol. The van der Waals surface area contributed by atoms with Crippen molar-refractivity contribution in [1.82, 2.24) is 4.98 Å². The minimum atomic E-state index is -1.04. The Morgan fingerprint density at radius 2 is 1.06 bits per heavy atom. The number of hydrogen-bond acceptors (Lipinski definition) is 7. The van der Waals surface area contributed by atoms with Gasteiger partial charge in [-0.05, 0) is 150 Å². The van der Waals surface area contributed by atoms with E-state index in [2.05, 4.69) is 107 Å². The molecule has 4 unspecified atom stereocenters. The largest absolute Gasteiger partial charge is 2.00 e. The number of rotatable bonds is 18. The number of amides is 2. The molecule has 2 amide bonds. The van der Waals surface area contributed by atoms with E-state index >= 15 is 9.59 Å². The number of nitrogens with one attached hydrogen (secondary N) is 2. The van der Waals surface area contributed by atoms with Crippen LogP contribution in [0.3, 0.4) is 0 Å². The van der Waals surface area contributed by atoms with Gasteiger partial charge in [0.1, 0.15) is 23.6 Å². The van der Waals surface area contributed by atoms with Gasteiger partial charge in [0.25, 0.3) is 0 Å². The summed E-state index contributed by atoms with van der Waals surface area (Å²) in [4.78, 5) is 80.9. The zero-order valence-corrected chi connectivity index (χ0v) is 56.2. The van der Waals surface area contributed by atoms with Crippen molar-refractivity contribution < 1.29 is 52.9 Å². The van der Waals surface area contributed by atoms with E-state index in [9.17, 15) is 14.4 Å². The fraction of sp³-hybridized carbons (Fsp3) is 0.781. The van der Waals surface area contributed by atoms with E-state index in [1.165, 1.54) is 0 Å². The van der Waals surface area contributed by atoms with Crippen molar-refractivity contribution in [3.05, 3.63) is 39.0 Å². The van der Waals surface area contributed by atoms with Crippen LogP contribution < -0.4 is 5.32 Å². The average Bonchev–Trinajstić information content (AvgIpc) is 3.84. The zero-order chi connectivity index (χ0) is 58.0. The molecule has 4 atom stereocenters. The normalized spacial score (nSPS) is 25.0. The van der Waals surface area contributed by atoms with E-state index in [1.807, 2.05) is 68.4 Å². The number of carbonyl (C=O) groups is 5. The monoisotopic (exact) mass is 1140 g/mol. The molecule has 2 heterocycles. The number of ether oxygens (including phenoxy) is 2. The molecule has 0 saturated heterocycles. The van der Waals surface area contributed by atoms with Gasteiger partial charge in [-0.25, -0.2) is 9.59 Å². The van der Waals surface area contributed by atoms with Gasteiger partial charge in [0.2, 0.25) is 11.1 Å². The topological polar surface area (TPSA) is 158 Å². The van der Waals surface area contributed by atoms with Gasteiger partial charge in [-0.1, -0.05) is 159 Å². The number of hydrogen-bond donors (Lipinski definition) is 2. The van der Waals surface area contributed by atoms with Crippen molar-refractivity contribution in [2.45, 2.75) is 248 Å². The van der Waals surface area contributed by atoms with Crippen LogP contribution in [0, 0.1) is 73.9 Å². The van der Waals surface area contributed by atoms with Crippen LogP contribution in [-0.2, 0) is 48.1 Å². The summed E-state index contributed by atoms with van der Waals surface area (Å²) in [5.41, 5.74) is 0.0551. The number of carbonyl (C=O) groups excluding carboxylic acids is 5. The SMILES string of the molecule is CCC(CC)(CCC(=O)Cl)C(=O)N=C1[N-]/C(=C\c2[nH]c(NC(=O)C(CC)(CC)CC)c(C(=O)OC3C(C(C)(C)C)CC(C)CC3C(C)(C)C)c2C(C)C)C(C(C)C)=C1C(=O)OC1C(C(C)(C)C)CC(C)CC1C(C)(C)C.[Zn+2]. The van der Waals surface area contributed by atoms with Crippen molar-refractivity contribution in [3.8, 4) is 0 Å². The molecule has 11 nitrogen and oxygen atoms in total. The van der Waals surface area contributed by atoms with Crippen LogP contribution in [0.1, 0.15) is 257 Å². The summed E-state index contributed by atoms with van der Waals surface area (Å²) in [6.07, 6.45) is 7.42. The third kappa shape index (κ3) is 15.5. The van der Waals surface area contributed by atoms with Gasteiger partial charge in [0, 0.05) is 46.6 Å². The molecule has 77 heavy (non-hydrogen) atoms. The molecule has 2 aliphatic carbocycles. The van der Waals surface area contributed by atoms with Gasteiger partial charge in [0.05, 0.1) is 5.57 Å². The summed E-state index contributed by atoms with van der Waals surface area (Å²) in [5, 5.41) is 7.84. The van der Waals surface area contributed by atoms with E-state index in [1.54, 1.807) is 0 Å². The molecular formula is C64H104ClN4O7Zn+. The van der Waals surface area contributed by atoms with E-state index < -0.39 is 40.0 Å². The molecule has 1 aromatic rings. The van der Waals surface area contributed by atoms with Gasteiger partial charge < -0.3 is 30.1 Å². The summed E-state index contributed by atoms with van der Waals surface area (Å²) in [7, 11) is 0. The molecule has 1 aromatic heterocycles. The van der Waals surface area contributed by atoms with E-state index in [4.69, 9.17) is 31.4 Å². The molecule has 2 saturated carbocycles. The second kappa shape index (κ2) is 26.2. The third-order valence-electron chi connectivity index (χ3n) is 18.6. The Hall–Kier alpha value is -3.11. The molecule has 0 bridgehead atoms. The van der Waals surface area contributed by atoms with Gasteiger partial charge >= 0.3 is 31.4 Å². The molecule has 0 radical (unpaired) electrons. The molecular weight excluding hydrogens is 1040 g/mol. The summed E-state index contributed by atoms with van der Waals surface area (Å²) < 4.78 is 13.9. The van der Waals surface area contributed by atoms with Crippen molar-refractivity contribution in [2.75, 3.05) is 5.32 Å². The van der Waals surface area contributed by atoms with Crippen molar-refractivity contribution >= 4 is 58.3 Å². The van der Waals surface area contributed by atoms with Crippen molar-refractivity contribution in [2.24, 2.45) is 78.9 Å². The Balaban J connectivity index is 0.0000156. The number of anilines is 1. The molecule has 2 fully saturated rings. The third-order valence-corrected chi connectivity index (χ3v) is 18.8. The van der Waals surface area contributed by atoms with Gasteiger partial charge in [-0.2, -0.15) is 0 Å². The number of amidine groups is 1. The number of halogens is 1. The second-order valence-electron chi connectivity index (χ2n) is 28.6. The predicted octanol–water partition coefficient (Wildman–Crippen LogP) is 17.2. The Morgan fingerprint density at radius 1 is 0.662 bits per heavy atom. The number of nitrogens with zero attached hydrogens (tertiary/aromatic N) is 2. The number of esters is 2. The molecule has 430 valence electrons. The Kier molecular flexibility index (Phi) is 23.2. The number of H-pyrrole nitrogens is 1. The average molecular weight is 1140 g/mol. The maximum Gasteiger partial charge on any atom is 2.00 e. The molecule has 13 heteroatoms. The summed E-state index contributed by atoms with van der Waals surface area (Å²) in [6, 6.07) is 0. The van der Waals surface area contributed by atoms with Crippen LogP contribution >= 0.6 is 11.6 Å². The summed E-state index contributed by atoms with van der Waals surface area (Å²) >= 11 is 5.88. The first-order valence-corrected chi connectivity index (χ1v) is 29.7. The maximum atomic E-state index is 15.5. The molecule has 0 aromatic carbocycles. The van der Waals surface area contributed by atoms with Gasteiger partial charge in [0.15, 0.2) is 5.91 Å². The number of aromatic amines is 1. The fourth-order valence-electron chi connectivity index (χ4n) is 13.3. The molecule has 1 aliphatic heterocycles. The van der Waals surface area contributed by atoms with Crippen LogP contribution in [0.15, 0.2) is 21.8 Å². The minimum Gasteiger partial charge on any atom is -0.458 e. The molecule has 0 spiro atoms. The van der Waals surface area contributed by atoms with Gasteiger partial charge in [-0.3, -0.25) is 14.4 Å². The first-order valence-electron chi connectivity index (χ1n) is 29.4. The summed E-state index contributed by atoms with van der Waals surface area (Å²) in [5.74, 6) is -1.02. The van der Waals surface area contributed by atoms with Crippen molar-refractivity contribution in [3.63, 3.8) is 0 Å². The summed E-state index contributed by atoms with van der Waals surface area (Å²) in [6.45, 7) is 49.1. The van der Waals surface area contributed by atoms with E-state index in [-0.39, 0.29) is 124 Å². The van der Waals surface area contributed by atoms with Crippen LogP contribution in [0.4, 0.5) is 5.82 Å².